The number of nitrogens with one attached hydrogen (secondary N) is 2. The monoisotopic (exact) mass is 337 g/mol. The molecule has 0 aliphatic rings. The van der Waals surface area contributed by atoms with Gasteiger partial charge in [-0.05, 0) is 6.92 Å². The zero-order valence-corrected chi connectivity index (χ0v) is 13.4. The van der Waals surface area contributed by atoms with Gasteiger partial charge in [-0.3, -0.25) is 19.7 Å². The van der Waals surface area contributed by atoms with Crippen LogP contribution in [-0.4, -0.2) is 31.5 Å². The van der Waals surface area contributed by atoms with Crippen molar-refractivity contribution in [2.45, 2.75) is 13.3 Å². The normalized spacial score (nSPS) is 10.6. The van der Waals surface area contributed by atoms with Crippen LogP contribution in [0.3, 0.4) is 0 Å². The van der Waals surface area contributed by atoms with Crippen molar-refractivity contribution in [3.8, 4) is 23.3 Å². The van der Waals surface area contributed by atoms with Gasteiger partial charge in [-0.15, -0.1) is 0 Å². The number of aryl methyl sites for hydroxylation is 1. The molecule has 0 unspecified atom stereocenters. The minimum Gasteiger partial charge on any atom is -0.396 e. The number of hydrogen-bond acceptors (Lipinski definition) is 5. The van der Waals surface area contributed by atoms with Crippen molar-refractivity contribution < 1.29 is 5.11 Å². The van der Waals surface area contributed by atoms with Crippen molar-refractivity contribution in [1.29, 1.82) is 5.26 Å². The second kappa shape index (κ2) is 6.59. The number of benzene rings is 1. The molecule has 0 saturated heterocycles. The van der Waals surface area contributed by atoms with E-state index in [1.54, 1.807) is 31.2 Å². The summed E-state index contributed by atoms with van der Waals surface area (Å²) in [5.74, 6) is -0.0138. The van der Waals surface area contributed by atoms with E-state index in [0.29, 0.717) is 16.8 Å². The van der Waals surface area contributed by atoms with Gasteiger partial charge in [-0.2, -0.15) is 9.94 Å². The summed E-state index contributed by atoms with van der Waals surface area (Å²) >= 11 is 0. The highest BCUT2D eigenvalue weighted by molar-refractivity contribution is 5.66. The van der Waals surface area contributed by atoms with Gasteiger partial charge < -0.3 is 5.11 Å². The van der Waals surface area contributed by atoms with E-state index in [1.165, 1.54) is 0 Å². The van der Waals surface area contributed by atoms with Gasteiger partial charge in [0.25, 0.3) is 11.1 Å². The largest absolute Gasteiger partial charge is 0.396 e. The SMILES string of the molecule is Cc1[nH]n(-c2nc(-c3ccccc3)c(C#N)c(=O)[nH]2)c(=O)c1CCO. The van der Waals surface area contributed by atoms with Gasteiger partial charge in [0.15, 0.2) is 0 Å². The zero-order chi connectivity index (χ0) is 18.0. The molecule has 0 spiro atoms. The van der Waals surface area contributed by atoms with Crippen LogP contribution in [0.5, 0.6) is 0 Å². The summed E-state index contributed by atoms with van der Waals surface area (Å²) in [5, 5.41) is 21.2. The molecule has 0 fully saturated rings. The lowest BCUT2D eigenvalue weighted by molar-refractivity contribution is 0.299. The summed E-state index contributed by atoms with van der Waals surface area (Å²) in [4.78, 5) is 31.5. The Kier molecular flexibility index (Phi) is 4.33. The van der Waals surface area contributed by atoms with Gasteiger partial charge in [0, 0.05) is 29.8 Å². The third kappa shape index (κ3) is 2.88. The summed E-state index contributed by atoms with van der Waals surface area (Å²) in [6.07, 6.45) is 0.195. The van der Waals surface area contributed by atoms with Crippen LogP contribution in [0.2, 0.25) is 0 Å². The Hall–Kier alpha value is -3.44. The average Bonchev–Trinajstić information content (AvgIpc) is 2.90. The standard InChI is InChI=1S/C17H15N5O3/c1-10-12(7-8-23)16(25)22(21-10)17-19-14(11-5-3-2-4-6-11)13(9-18)15(24)20-17/h2-6,21,23H,7-8H2,1H3,(H,19,20,24). The molecule has 3 rings (SSSR count). The van der Waals surface area contributed by atoms with Crippen molar-refractivity contribution in [2.24, 2.45) is 0 Å². The number of nitriles is 1. The third-order valence-corrected chi connectivity index (χ3v) is 3.83. The van der Waals surface area contributed by atoms with E-state index in [-0.39, 0.29) is 30.2 Å². The maximum absolute atomic E-state index is 12.5. The minimum absolute atomic E-state index is 0.0138. The fourth-order valence-corrected chi connectivity index (χ4v) is 2.61. The van der Waals surface area contributed by atoms with Gasteiger partial charge in [0.05, 0.1) is 5.69 Å². The number of hydrogen-bond donors (Lipinski definition) is 3. The van der Waals surface area contributed by atoms with Crippen molar-refractivity contribution in [3.05, 3.63) is 67.9 Å². The number of H-pyrrole nitrogens is 2. The highest BCUT2D eigenvalue weighted by Crippen LogP contribution is 2.19. The molecule has 0 aliphatic heterocycles. The predicted molar refractivity (Wildman–Crippen MR) is 90.5 cm³/mol. The quantitative estimate of drug-likeness (QED) is 0.643. The van der Waals surface area contributed by atoms with Gasteiger partial charge in [-0.25, -0.2) is 4.98 Å². The first-order valence-electron chi connectivity index (χ1n) is 7.58. The predicted octanol–water partition coefficient (Wildman–Crippen LogP) is 0.631. The molecular formula is C17H15N5O3. The first kappa shape index (κ1) is 16.4. The summed E-state index contributed by atoms with van der Waals surface area (Å²) < 4.78 is 1.11. The molecule has 1 aromatic carbocycles. The first-order valence-corrected chi connectivity index (χ1v) is 7.58. The topological polar surface area (TPSA) is 128 Å². The molecule has 8 nitrogen and oxygen atoms in total. The summed E-state index contributed by atoms with van der Waals surface area (Å²) in [6, 6.07) is 10.7. The Morgan fingerprint density at radius 2 is 2.00 bits per heavy atom. The Labute approximate surface area is 142 Å². The molecule has 0 atom stereocenters. The summed E-state index contributed by atoms with van der Waals surface area (Å²) in [6.45, 7) is 1.53. The van der Waals surface area contributed by atoms with E-state index in [4.69, 9.17) is 5.11 Å². The fraction of sp³-hybridized carbons (Fsp3) is 0.176. The molecule has 0 saturated carbocycles. The maximum atomic E-state index is 12.5. The smallest absolute Gasteiger partial charge is 0.277 e. The number of aliphatic hydroxyl groups excluding tert-OH is 1. The maximum Gasteiger partial charge on any atom is 0.277 e. The molecule has 0 aliphatic carbocycles. The molecule has 3 N–H and O–H groups in total. The van der Waals surface area contributed by atoms with Gasteiger partial charge in [0.2, 0.25) is 5.95 Å². The summed E-state index contributed by atoms with van der Waals surface area (Å²) in [7, 11) is 0. The van der Waals surface area contributed by atoms with E-state index in [0.717, 1.165) is 4.68 Å². The van der Waals surface area contributed by atoms with Crippen molar-refractivity contribution >= 4 is 0 Å². The Bertz CT molecular complexity index is 1070. The van der Waals surface area contributed by atoms with E-state index in [2.05, 4.69) is 15.1 Å². The van der Waals surface area contributed by atoms with Crippen LogP contribution in [-0.2, 0) is 6.42 Å². The molecule has 0 bridgehead atoms. The Morgan fingerprint density at radius 3 is 2.64 bits per heavy atom. The average molecular weight is 337 g/mol. The molecule has 0 radical (unpaired) electrons. The second-order valence-corrected chi connectivity index (χ2v) is 5.42. The van der Waals surface area contributed by atoms with Crippen LogP contribution in [0.4, 0.5) is 0 Å². The molecule has 3 aromatic rings. The van der Waals surface area contributed by atoms with Crippen LogP contribution < -0.4 is 11.1 Å². The fourth-order valence-electron chi connectivity index (χ4n) is 2.61. The first-order chi connectivity index (χ1) is 12.1. The minimum atomic E-state index is -0.630. The van der Waals surface area contributed by atoms with E-state index in [1.807, 2.05) is 12.1 Å². The Balaban J connectivity index is 2.25. The van der Waals surface area contributed by atoms with Gasteiger partial charge >= 0.3 is 0 Å². The molecule has 8 heteroatoms. The number of aliphatic hydroxyl groups is 1. The highest BCUT2D eigenvalue weighted by atomic mass is 16.3. The number of rotatable bonds is 4. The number of aromatic nitrogens is 4. The number of aromatic amines is 2. The van der Waals surface area contributed by atoms with Crippen molar-refractivity contribution in [2.75, 3.05) is 6.61 Å². The lowest BCUT2D eigenvalue weighted by Crippen LogP contribution is -2.25. The van der Waals surface area contributed by atoms with Crippen LogP contribution in [0, 0.1) is 18.3 Å². The van der Waals surface area contributed by atoms with Crippen LogP contribution >= 0.6 is 0 Å². The van der Waals surface area contributed by atoms with Crippen LogP contribution in [0.15, 0.2) is 39.9 Å². The van der Waals surface area contributed by atoms with E-state index >= 15 is 0 Å². The third-order valence-electron chi connectivity index (χ3n) is 3.83. The lowest BCUT2D eigenvalue weighted by atomic mass is 10.1. The van der Waals surface area contributed by atoms with Crippen LogP contribution in [0.25, 0.3) is 17.2 Å². The Morgan fingerprint density at radius 1 is 1.28 bits per heavy atom. The highest BCUT2D eigenvalue weighted by Gasteiger charge is 2.17. The second-order valence-electron chi connectivity index (χ2n) is 5.42. The zero-order valence-electron chi connectivity index (χ0n) is 13.4. The molecular weight excluding hydrogens is 322 g/mol. The molecule has 25 heavy (non-hydrogen) atoms. The van der Waals surface area contributed by atoms with Crippen molar-refractivity contribution in [3.63, 3.8) is 0 Å². The number of nitrogens with zero attached hydrogens (tertiary/aromatic N) is 3. The van der Waals surface area contributed by atoms with Crippen LogP contribution in [0.1, 0.15) is 16.8 Å². The van der Waals surface area contributed by atoms with E-state index < -0.39 is 11.1 Å². The molecule has 126 valence electrons. The van der Waals surface area contributed by atoms with Gasteiger partial charge in [-0.1, -0.05) is 30.3 Å². The molecule has 0 amide bonds. The van der Waals surface area contributed by atoms with Gasteiger partial charge in [0.1, 0.15) is 11.6 Å². The van der Waals surface area contributed by atoms with Crippen molar-refractivity contribution in [1.82, 2.24) is 19.7 Å². The van der Waals surface area contributed by atoms with E-state index in [9.17, 15) is 14.9 Å². The molecule has 2 aromatic heterocycles. The summed E-state index contributed by atoms with van der Waals surface area (Å²) in [5.41, 5.74) is 0.626. The lowest BCUT2D eigenvalue weighted by Gasteiger charge is -2.06. The molecule has 2 heterocycles.